The molecular formula is C29H33FN4O3. The molecule has 0 radical (unpaired) electrons. The average molecular weight is 505 g/mol. The number of nitrogens with zero attached hydrogens (tertiary/aromatic N) is 1. The number of hydrogen-bond donors (Lipinski definition) is 4. The summed E-state index contributed by atoms with van der Waals surface area (Å²) in [7, 11) is 1.67. The number of likely N-dealkylation sites (N-methyl/N-ethyl adjacent to an activating group) is 2. The van der Waals surface area contributed by atoms with Crippen molar-refractivity contribution in [3.05, 3.63) is 83.8 Å². The van der Waals surface area contributed by atoms with Crippen LogP contribution in [-0.2, 0) is 4.79 Å². The van der Waals surface area contributed by atoms with Gasteiger partial charge in [0.05, 0.1) is 5.52 Å². The van der Waals surface area contributed by atoms with Gasteiger partial charge in [0.25, 0.3) is 5.91 Å². The number of fused-ring (bicyclic) bond motifs is 3. The molecule has 37 heavy (non-hydrogen) atoms. The molecule has 0 fully saturated rings. The summed E-state index contributed by atoms with van der Waals surface area (Å²) < 4.78 is 19.5. The molecule has 7 nitrogen and oxygen atoms in total. The van der Waals surface area contributed by atoms with Crippen molar-refractivity contribution in [1.29, 1.82) is 0 Å². The van der Waals surface area contributed by atoms with Crippen molar-refractivity contribution in [2.24, 2.45) is 0 Å². The molecular weight excluding hydrogens is 471 g/mol. The largest absolute Gasteiger partial charge is 0.490 e. The van der Waals surface area contributed by atoms with Crippen molar-refractivity contribution in [2.45, 2.75) is 13.0 Å². The molecule has 8 heteroatoms. The highest BCUT2D eigenvalue weighted by molar-refractivity contribution is 6.10. The molecule has 3 aromatic carbocycles. The number of carbonyl (C=O) groups excluding carboxylic acids is 1. The van der Waals surface area contributed by atoms with Gasteiger partial charge in [0.1, 0.15) is 30.0 Å². The van der Waals surface area contributed by atoms with Crippen molar-refractivity contribution >= 4 is 33.8 Å². The van der Waals surface area contributed by atoms with Crippen LogP contribution in [0, 0.1) is 5.82 Å². The molecule has 4 rings (SSSR count). The first kappa shape index (κ1) is 26.2. The maximum Gasteiger partial charge on any atom is 0.269 e. The zero-order chi connectivity index (χ0) is 26.2. The predicted molar refractivity (Wildman–Crippen MR) is 146 cm³/mol. The number of ether oxygens (including phenoxy) is 1. The van der Waals surface area contributed by atoms with E-state index in [9.17, 15) is 14.3 Å². The first-order valence-electron chi connectivity index (χ1n) is 12.5. The fourth-order valence-corrected chi connectivity index (χ4v) is 4.29. The molecule has 0 spiro atoms. The van der Waals surface area contributed by atoms with Crippen LogP contribution in [0.25, 0.3) is 27.9 Å². The molecule has 0 saturated heterocycles. The number of nitrogens with one attached hydrogen (secondary N) is 3. The lowest BCUT2D eigenvalue weighted by Gasteiger charge is -2.23. The van der Waals surface area contributed by atoms with E-state index >= 15 is 0 Å². The molecule has 1 heterocycles. The number of hydrogen-bond acceptors (Lipinski definition) is 5. The van der Waals surface area contributed by atoms with E-state index in [1.807, 2.05) is 49.4 Å². The molecule has 4 aromatic rings. The highest BCUT2D eigenvalue weighted by Crippen LogP contribution is 2.32. The summed E-state index contributed by atoms with van der Waals surface area (Å²) >= 11 is 0. The van der Waals surface area contributed by atoms with Gasteiger partial charge in [-0.2, -0.15) is 0 Å². The Balaban J connectivity index is 1.27. The predicted octanol–water partition coefficient (Wildman–Crippen LogP) is 3.90. The van der Waals surface area contributed by atoms with Gasteiger partial charge in [0.2, 0.25) is 0 Å². The summed E-state index contributed by atoms with van der Waals surface area (Å²) in [6.45, 7) is 3.85. The number of aliphatic hydroxyl groups excluding tert-OH is 1. The number of H-pyrrole nitrogens is 1. The lowest BCUT2D eigenvalue weighted by atomic mass is 10.1. The summed E-state index contributed by atoms with van der Waals surface area (Å²) in [5.41, 5.74) is 3.02. The molecule has 0 saturated carbocycles. The van der Waals surface area contributed by atoms with Crippen LogP contribution in [0.2, 0.25) is 0 Å². The van der Waals surface area contributed by atoms with Crippen LogP contribution in [0.4, 0.5) is 4.39 Å². The maximum atomic E-state index is 13.5. The second-order valence-corrected chi connectivity index (χ2v) is 8.77. The van der Waals surface area contributed by atoms with Crippen LogP contribution in [0.15, 0.2) is 72.4 Å². The number of aromatic nitrogens is 1. The molecule has 1 atom stereocenters. The summed E-state index contributed by atoms with van der Waals surface area (Å²) in [5, 5.41) is 18.7. The number of carbonyl (C=O) groups is 1. The second-order valence-electron chi connectivity index (χ2n) is 8.77. The number of halogens is 1. The smallest absolute Gasteiger partial charge is 0.269 e. The van der Waals surface area contributed by atoms with E-state index in [2.05, 4.69) is 15.6 Å². The van der Waals surface area contributed by atoms with Gasteiger partial charge in [0.15, 0.2) is 0 Å². The summed E-state index contributed by atoms with van der Waals surface area (Å²) in [5.74, 6) is 0.196. The van der Waals surface area contributed by atoms with Gasteiger partial charge in [0, 0.05) is 49.5 Å². The van der Waals surface area contributed by atoms with Gasteiger partial charge in [-0.15, -0.1) is 0 Å². The Kier molecular flexibility index (Phi) is 8.77. The highest BCUT2D eigenvalue weighted by atomic mass is 19.1. The van der Waals surface area contributed by atoms with Gasteiger partial charge in [-0.1, -0.05) is 36.4 Å². The maximum absolute atomic E-state index is 13.5. The molecule has 0 aliphatic heterocycles. The number of para-hydroxylation sites is 1. The van der Waals surface area contributed by atoms with E-state index < -0.39 is 6.10 Å². The molecule has 1 amide bonds. The summed E-state index contributed by atoms with van der Waals surface area (Å²) in [6, 6.07) is 20.0. The molecule has 1 aromatic heterocycles. The fraction of sp³-hybridized carbons (Fsp3) is 0.276. The van der Waals surface area contributed by atoms with E-state index in [0.717, 1.165) is 27.6 Å². The van der Waals surface area contributed by atoms with Crippen LogP contribution in [0.5, 0.6) is 5.75 Å². The number of benzene rings is 3. The standard InChI is InChI=1S/C29H33FN4O3/c1-3-34(29(36)26(31-2)17-20-8-6-9-21(30)16-20)15-14-32-18-22(35)19-37-27-13-7-12-25-28(27)23-10-4-5-11-24(23)33-25/h4-13,16-17,22,31-33,35H,3,14-15,18-19H2,1-2H3/b26-17-. The van der Waals surface area contributed by atoms with E-state index in [1.54, 1.807) is 30.2 Å². The Hall–Kier alpha value is -3.88. The van der Waals surface area contributed by atoms with Crippen LogP contribution in [-0.4, -0.2) is 66.8 Å². The van der Waals surface area contributed by atoms with Crippen LogP contribution >= 0.6 is 0 Å². The van der Waals surface area contributed by atoms with Gasteiger partial charge < -0.3 is 30.4 Å². The zero-order valence-corrected chi connectivity index (χ0v) is 21.1. The number of rotatable bonds is 12. The molecule has 0 aliphatic carbocycles. The van der Waals surface area contributed by atoms with Crippen LogP contribution in [0.3, 0.4) is 0 Å². The monoisotopic (exact) mass is 504 g/mol. The number of aliphatic hydroxyl groups is 1. The third-order valence-electron chi connectivity index (χ3n) is 6.19. The summed E-state index contributed by atoms with van der Waals surface area (Å²) in [6.07, 6.45) is 0.920. The molecule has 0 aliphatic rings. The Bertz CT molecular complexity index is 1380. The van der Waals surface area contributed by atoms with Crippen molar-refractivity contribution in [2.75, 3.05) is 39.8 Å². The Morgan fingerprint density at radius 1 is 1.14 bits per heavy atom. The third kappa shape index (κ3) is 6.47. The van der Waals surface area contributed by atoms with Crippen molar-refractivity contribution in [1.82, 2.24) is 20.5 Å². The van der Waals surface area contributed by atoms with E-state index in [0.29, 0.717) is 37.4 Å². The Morgan fingerprint density at radius 2 is 1.92 bits per heavy atom. The lowest BCUT2D eigenvalue weighted by molar-refractivity contribution is -0.127. The third-order valence-corrected chi connectivity index (χ3v) is 6.19. The molecule has 0 bridgehead atoms. The minimum Gasteiger partial charge on any atom is -0.490 e. The topological polar surface area (TPSA) is 89.6 Å². The van der Waals surface area contributed by atoms with Crippen molar-refractivity contribution < 1.29 is 19.0 Å². The van der Waals surface area contributed by atoms with E-state index in [4.69, 9.17) is 4.74 Å². The number of aromatic amines is 1. The molecule has 4 N–H and O–H groups in total. The van der Waals surface area contributed by atoms with E-state index in [-0.39, 0.29) is 18.3 Å². The van der Waals surface area contributed by atoms with Crippen molar-refractivity contribution in [3.8, 4) is 5.75 Å². The SMILES string of the molecule is CCN(CCNCC(O)COc1cccc2[nH]c3ccccc3c12)C(=O)/C(=C/c1cccc(F)c1)NC. The van der Waals surface area contributed by atoms with Crippen LogP contribution < -0.4 is 15.4 Å². The lowest BCUT2D eigenvalue weighted by Crippen LogP contribution is -2.41. The van der Waals surface area contributed by atoms with Crippen LogP contribution in [0.1, 0.15) is 12.5 Å². The van der Waals surface area contributed by atoms with E-state index in [1.165, 1.54) is 12.1 Å². The molecule has 1 unspecified atom stereocenters. The van der Waals surface area contributed by atoms with Crippen molar-refractivity contribution in [3.63, 3.8) is 0 Å². The van der Waals surface area contributed by atoms with Gasteiger partial charge in [-0.25, -0.2) is 4.39 Å². The Morgan fingerprint density at radius 3 is 2.70 bits per heavy atom. The number of amides is 1. The average Bonchev–Trinajstić information content (AvgIpc) is 3.29. The highest BCUT2D eigenvalue weighted by Gasteiger charge is 2.16. The minimum absolute atomic E-state index is 0.141. The minimum atomic E-state index is -0.716. The molecule has 194 valence electrons. The van der Waals surface area contributed by atoms with Gasteiger partial charge >= 0.3 is 0 Å². The zero-order valence-electron chi connectivity index (χ0n) is 21.1. The van der Waals surface area contributed by atoms with Gasteiger partial charge in [-0.3, -0.25) is 4.79 Å². The fourth-order valence-electron chi connectivity index (χ4n) is 4.29. The second kappa shape index (κ2) is 12.4. The Labute approximate surface area is 215 Å². The first-order valence-corrected chi connectivity index (χ1v) is 12.5. The van der Waals surface area contributed by atoms with Gasteiger partial charge in [-0.05, 0) is 48.9 Å². The normalized spacial score (nSPS) is 12.6. The quantitative estimate of drug-likeness (QED) is 0.174. The summed E-state index contributed by atoms with van der Waals surface area (Å²) in [4.78, 5) is 18.0. The first-order chi connectivity index (χ1) is 18.0.